The molecule has 0 saturated carbocycles. The number of carbonyl (C=O) groups is 3. The number of para-hydroxylation sites is 1. The summed E-state index contributed by atoms with van der Waals surface area (Å²) in [6.07, 6.45) is -8.00. The van der Waals surface area contributed by atoms with Crippen LogP contribution < -0.4 is 15.5 Å². The topological polar surface area (TPSA) is 192 Å². The zero-order chi connectivity index (χ0) is 36.3. The smallest absolute Gasteiger partial charge is 0.489 e. The molecule has 4 rings (SSSR count). The summed E-state index contributed by atoms with van der Waals surface area (Å²) < 4.78 is 95.8. The van der Waals surface area contributed by atoms with Crippen LogP contribution in [-0.2, 0) is 30.8 Å². The number of aryl methyl sites for hydroxylation is 1. The number of hydroxylamine groups is 1. The minimum atomic E-state index is -5.08. The number of hydrogen-bond donors (Lipinski definition) is 5. The van der Waals surface area contributed by atoms with Crippen LogP contribution in [-0.4, -0.2) is 76.9 Å². The van der Waals surface area contributed by atoms with Crippen molar-refractivity contribution in [1.29, 1.82) is 0 Å². The van der Waals surface area contributed by atoms with Crippen molar-refractivity contribution < 1.29 is 69.3 Å². The fraction of sp³-hybridized carbons (Fsp3) is 0.379. The summed E-state index contributed by atoms with van der Waals surface area (Å²) >= 11 is 0. The second-order valence-corrected chi connectivity index (χ2v) is 12.4. The van der Waals surface area contributed by atoms with E-state index < -0.39 is 45.6 Å². The molecule has 1 aromatic heterocycles. The number of carboxylic acids is 2. The molecule has 0 bridgehead atoms. The standard InChI is InChI=1S/C25H29N3O5S.2C2HF3O2/c1-18-14-19(22-6-2-3-7-23(22)27-18)16-33-20-8-10-21(11-9-20)34(31,32)17-25(15-24(29)28-30)12-4-5-13-26-25;2*3-2(4,5)1(6)7/h2-3,6-11,14,26,30H,4-5,12-13,15-17H2,1H3,(H,28,29);2*(H,6,7). The van der Waals surface area contributed by atoms with Gasteiger partial charge in [-0.1, -0.05) is 24.6 Å². The minimum absolute atomic E-state index is 0.108. The van der Waals surface area contributed by atoms with E-state index in [4.69, 9.17) is 29.7 Å². The number of carbonyl (C=O) groups excluding carboxylic acids is 1. The van der Waals surface area contributed by atoms with Gasteiger partial charge in [-0.15, -0.1) is 0 Å². The van der Waals surface area contributed by atoms with Crippen molar-refractivity contribution in [3.8, 4) is 5.75 Å². The first-order valence-electron chi connectivity index (χ1n) is 13.8. The Bertz CT molecular complexity index is 1650. The van der Waals surface area contributed by atoms with E-state index in [0.29, 0.717) is 25.3 Å². The molecule has 264 valence electrons. The van der Waals surface area contributed by atoms with Crippen molar-refractivity contribution in [2.45, 2.75) is 62.0 Å². The van der Waals surface area contributed by atoms with Crippen LogP contribution in [0, 0.1) is 6.92 Å². The molecule has 5 N–H and O–H groups in total. The maximum absolute atomic E-state index is 13.2. The Balaban J connectivity index is 0.000000479. The summed E-state index contributed by atoms with van der Waals surface area (Å²) in [5.74, 6) is -5.79. The molecule has 3 aromatic rings. The lowest BCUT2D eigenvalue weighted by atomic mass is 9.87. The fourth-order valence-electron chi connectivity index (χ4n) is 4.57. The Kier molecular flexibility index (Phi) is 13.7. The molecule has 1 unspecified atom stereocenters. The minimum Gasteiger partial charge on any atom is -0.489 e. The summed E-state index contributed by atoms with van der Waals surface area (Å²) in [6.45, 7) is 2.90. The van der Waals surface area contributed by atoms with Gasteiger partial charge < -0.3 is 20.3 Å². The van der Waals surface area contributed by atoms with E-state index >= 15 is 0 Å². The predicted molar refractivity (Wildman–Crippen MR) is 156 cm³/mol. The quantitative estimate of drug-likeness (QED) is 0.125. The van der Waals surface area contributed by atoms with E-state index in [9.17, 15) is 39.6 Å². The monoisotopic (exact) mass is 711 g/mol. The van der Waals surface area contributed by atoms with Gasteiger partial charge in [-0.3, -0.25) is 15.0 Å². The van der Waals surface area contributed by atoms with Crippen LogP contribution in [0.1, 0.15) is 36.9 Å². The molecule has 1 aliphatic rings. The Morgan fingerprint density at radius 1 is 0.958 bits per heavy atom. The number of nitrogens with zero attached hydrogens (tertiary/aromatic N) is 1. The molecule has 1 fully saturated rings. The zero-order valence-corrected chi connectivity index (χ0v) is 25.9. The maximum Gasteiger partial charge on any atom is 0.490 e. The number of aromatic nitrogens is 1. The average molecular weight is 712 g/mol. The largest absolute Gasteiger partial charge is 0.490 e. The third-order valence-electron chi connectivity index (χ3n) is 6.66. The SMILES string of the molecule is Cc1cc(COc2ccc(S(=O)(=O)CC3(CC(=O)NO)CCCCN3)cc2)c2ccccc2n1.O=C(O)C(F)(F)F.O=C(O)C(F)(F)F. The average Bonchev–Trinajstić information content (AvgIpc) is 2.99. The first kappa shape index (κ1) is 39.7. The summed E-state index contributed by atoms with van der Waals surface area (Å²) in [4.78, 5) is 34.3. The number of nitrogens with one attached hydrogen (secondary N) is 2. The number of hydrogen-bond acceptors (Lipinski definition) is 9. The summed E-state index contributed by atoms with van der Waals surface area (Å²) in [5.41, 5.74) is 3.53. The third kappa shape index (κ3) is 12.3. The second kappa shape index (κ2) is 16.6. The van der Waals surface area contributed by atoms with Gasteiger partial charge in [-0.05, 0) is 62.7 Å². The highest BCUT2D eigenvalue weighted by molar-refractivity contribution is 7.91. The van der Waals surface area contributed by atoms with Crippen LogP contribution in [0.5, 0.6) is 5.75 Å². The summed E-state index contributed by atoms with van der Waals surface area (Å²) in [7, 11) is -3.68. The Morgan fingerprint density at radius 2 is 1.52 bits per heavy atom. The van der Waals surface area contributed by atoms with Gasteiger partial charge in [0.25, 0.3) is 0 Å². The van der Waals surface area contributed by atoms with E-state index in [-0.39, 0.29) is 17.1 Å². The molecule has 48 heavy (non-hydrogen) atoms. The van der Waals surface area contributed by atoms with E-state index in [1.807, 2.05) is 37.3 Å². The summed E-state index contributed by atoms with van der Waals surface area (Å²) in [6, 6.07) is 16.2. The maximum atomic E-state index is 13.2. The highest BCUT2D eigenvalue weighted by atomic mass is 32.2. The number of aliphatic carboxylic acids is 2. The van der Waals surface area contributed by atoms with E-state index in [2.05, 4.69) is 10.3 Å². The second-order valence-electron chi connectivity index (χ2n) is 10.4. The molecule has 0 spiro atoms. The highest BCUT2D eigenvalue weighted by Crippen LogP contribution is 2.29. The number of rotatable bonds is 8. The molecule has 2 heterocycles. The van der Waals surface area contributed by atoms with Crippen molar-refractivity contribution in [1.82, 2.24) is 15.8 Å². The third-order valence-corrected chi connectivity index (χ3v) is 8.59. The molecular weight excluding hydrogens is 680 g/mol. The fourth-order valence-corrected chi connectivity index (χ4v) is 6.36. The molecule has 1 atom stereocenters. The van der Waals surface area contributed by atoms with Gasteiger partial charge in [0.15, 0.2) is 9.84 Å². The number of carboxylic acid groups (broad SMARTS) is 2. The normalized spacial score (nSPS) is 16.4. The number of halogens is 6. The number of alkyl halides is 6. The van der Waals surface area contributed by atoms with Crippen LogP contribution in [0.4, 0.5) is 26.3 Å². The molecule has 2 aromatic carbocycles. The molecule has 0 aliphatic carbocycles. The van der Waals surface area contributed by atoms with Gasteiger partial charge in [0.2, 0.25) is 5.91 Å². The first-order chi connectivity index (χ1) is 22.2. The lowest BCUT2D eigenvalue weighted by molar-refractivity contribution is -0.193. The van der Waals surface area contributed by atoms with E-state index in [0.717, 1.165) is 35.0 Å². The van der Waals surface area contributed by atoms with Crippen LogP contribution >= 0.6 is 0 Å². The number of ether oxygens (including phenoxy) is 1. The molecule has 1 amide bonds. The number of amides is 1. The highest BCUT2D eigenvalue weighted by Gasteiger charge is 2.40. The van der Waals surface area contributed by atoms with Gasteiger partial charge in [0.05, 0.1) is 16.2 Å². The van der Waals surface area contributed by atoms with Crippen LogP contribution in [0.3, 0.4) is 0 Å². The van der Waals surface area contributed by atoms with Crippen molar-refractivity contribution in [3.05, 3.63) is 65.9 Å². The summed E-state index contributed by atoms with van der Waals surface area (Å²) in [5, 5.41) is 27.4. The lowest BCUT2D eigenvalue weighted by Gasteiger charge is -2.37. The van der Waals surface area contributed by atoms with Gasteiger partial charge in [0, 0.05) is 28.6 Å². The van der Waals surface area contributed by atoms with Crippen LogP contribution in [0.15, 0.2) is 59.5 Å². The van der Waals surface area contributed by atoms with Crippen molar-refractivity contribution in [3.63, 3.8) is 0 Å². The number of piperidine rings is 1. The number of benzene rings is 2. The molecule has 0 radical (unpaired) electrons. The number of sulfone groups is 1. The van der Waals surface area contributed by atoms with Gasteiger partial charge >= 0.3 is 24.3 Å². The van der Waals surface area contributed by atoms with Crippen molar-refractivity contribution in [2.75, 3.05) is 12.3 Å². The van der Waals surface area contributed by atoms with E-state index in [1.54, 1.807) is 17.6 Å². The van der Waals surface area contributed by atoms with Crippen molar-refractivity contribution >= 4 is 38.6 Å². The molecule has 19 heteroatoms. The van der Waals surface area contributed by atoms with E-state index in [1.165, 1.54) is 12.1 Å². The Hall–Kier alpha value is -4.49. The van der Waals surface area contributed by atoms with Crippen LogP contribution in [0.25, 0.3) is 10.9 Å². The Labute approximate surface area is 269 Å². The van der Waals surface area contributed by atoms with Crippen molar-refractivity contribution in [2.24, 2.45) is 0 Å². The van der Waals surface area contributed by atoms with Gasteiger partial charge in [-0.25, -0.2) is 23.5 Å². The molecule has 1 saturated heterocycles. The number of pyridine rings is 1. The first-order valence-corrected chi connectivity index (χ1v) is 15.4. The number of fused-ring (bicyclic) bond motifs is 1. The van der Waals surface area contributed by atoms with Gasteiger partial charge in [0.1, 0.15) is 12.4 Å². The Morgan fingerprint density at radius 3 is 2.02 bits per heavy atom. The lowest BCUT2D eigenvalue weighted by Crippen LogP contribution is -2.55. The molecular formula is C29H31F6N3O9S. The molecule has 12 nitrogen and oxygen atoms in total. The van der Waals surface area contributed by atoms with Crippen LogP contribution in [0.2, 0.25) is 0 Å². The van der Waals surface area contributed by atoms with Gasteiger partial charge in [-0.2, -0.15) is 26.3 Å². The zero-order valence-electron chi connectivity index (χ0n) is 25.1. The molecule has 1 aliphatic heterocycles. The predicted octanol–water partition coefficient (Wildman–Crippen LogP) is 4.57.